The van der Waals surface area contributed by atoms with Crippen LogP contribution in [0, 0.1) is 5.82 Å². The van der Waals surface area contributed by atoms with E-state index in [1.54, 1.807) is 6.07 Å². The third-order valence-corrected chi connectivity index (χ3v) is 6.76. The molecule has 2 saturated heterocycles. The summed E-state index contributed by atoms with van der Waals surface area (Å²) >= 11 is 5.86. The first-order valence-corrected chi connectivity index (χ1v) is 11.5. The summed E-state index contributed by atoms with van der Waals surface area (Å²) in [5, 5.41) is 0. The summed E-state index contributed by atoms with van der Waals surface area (Å²) in [7, 11) is 0. The van der Waals surface area contributed by atoms with E-state index in [4.69, 9.17) is 16.6 Å². The van der Waals surface area contributed by atoms with Crippen molar-refractivity contribution in [3.8, 4) is 0 Å². The van der Waals surface area contributed by atoms with E-state index in [2.05, 4.69) is 36.1 Å². The highest BCUT2D eigenvalue weighted by molar-refractivity contribution is 6.21. The van der Waals surface area contributed by atoms with E-state index in [9.17, 15) is 9.18 Å². The van der Waals surface area contributed by atoms with Gasteiger partial charge in [0.25, 0.3) is 0 Å². The van der Waals surface area contributed by atoms with Gasteiger partial charge in [-0.25, -0.2) is 4.39 Å². The Kier molecular flexibility index (Phi) is 6.73. The van der Waals surface area contributed by atoms with Gasteiger partial charge in [-0.3, -0.25) is 14.7 Å². The van der Waals surface area contributed by atoms with Crippen molar-refractivity contribution in [3.63, 3.8) is 0 Å². The first kappa shape index (κ1) is 22.0. The summed E-state index contributed by atoms with van der Waals surface area (Å²) in [6.45, 7) is 4.56. The molecule has 0 N–H and O–H groups in total. The molecule has 2 aliphatic rings. The number of alkyl halides is 1. The van der Waals surface area contributed by atoms with Gasteiger partial charge in [-0.2, -0.15) is 0 Å². The molecule has 4 nitrogen and oxygen atoms in total. The topological polar surface area (TPSA) is 35.9 Å². The maximum Gasteiger partial charge on any atom is 0.233 e. The van der Waals surface area contributed by atoms with E-state index >= 15 is 0 Å². The molecule has 0 radical (unpaired) electrons. The normalized spacial score (nSPS) is 25.6. The first-order valence-electron chi connectivity index (χ1n) is 11.0. The lowest BCUT2D eigenvalue weighted by Crippen LogP contribution is -2.59. The van der Waals surface area contributed by atoms with Gasteiger partial charge in [0.15, 0.2) is 0 Å². The number of carbonyl (C=O) groups is 1. The molecule has 4 rings (SSSR count). The molecular formula is C25H29ClFN3O. The summed E-state index contributed by atoms with van der Waals surface area (Å²) in [5.74, 6) is 0.216. The number of likely N-dealkylation sites (tertiary alicyclic amines) is 1. The van der Waals surface area contributed by atoms with Crippen molar-refractivity contribution in [1.82, 2.24) is 4.90 Å². The standard InChI is InChI=1S/C25H29ClFN3O/c1-19-17-25(11-14-29(19)18-20-7-3-2-4-8-20)23(28-13-6-12-26)16-24(31)30(25)22-10-5-9-21(27)15-22/h2-5,7-10,15,19H,6,11-14,16-18H2,1H3. The van der Waals surface area contributed by atoms with Crippen molar-refractivity contribution in [2.75, 3.05) is 23.9 Å². The Bertz CT molecular complexity index is 951. The first-order chi connectivity index (χ1) is 15.0. The molecule has 2 aromatic carbocycles. The minimum absolute atomic E-state index is 0.000988. The lowest BCUT2D eigenvalue weighted by Gasteiger charge is -2.48. The van der Waals surface area contributed by atoms with Crippen LogP contribution < -0.4 is 4.90 Å². The second-order valence-corrected chi connectivity index (χ2v) is 8.93. The highest BCUT2D eigenvalue weighted by atomic mass is 35.5. The molecule has 1 spiro atoms. The third-order valence-electron chi connectivity index (χ3n) is 6.49. The van der Waals surface area contributed by atoms with Crippen molar-refractivity contribution >= 4 is 28.9 Å². The smallest absolute Gasteiger partial charge is 0.233 e. The molecule has 2 aliphatic heterocycles. The van der Waals surface area contributed by atoms with E-state index in [-0.39, 0.29) is 17.8 Å². The fourth-order valence-corrected chi connectivity index (χ4v) is 5.14. The molecule has 6 heteroatoms. The number of nitrogens with zero attached hydrogens (tertiary/aromatic N) is 3. The maximum absolute atomic E-state index is 14.0. The molecule has 2 unspecified atom stereocenters. The minimum atomic E-state index is -0.496. The molecule has 0 bridgehead atoms. The largest absolute Gasteiger partial charge is 0.300 e. The quantitative estimate of drug-likeness (QED) is 0.464. The predicted molar refractivity (Wildman–Crippen MR) is 124 cm³/mol. The highest BCUT2D eigenvalue weighted by Crippen LogP contribution is 2.43. The predicted octanol–water partition coefficient (Wildman–Crippen LogP) is 5.06. The minimum Gasteiger partial charge on any atom is -0.300 e. The van der Waals surface area contributed by atoms with Gasteiger partial charge in [-0.1, -0.05) is 36.4 Å². The van der Waals surface area contributed by atoms with Crippen LogP contribution in [0.1, 0.15) is 38.2 Å². The van der Waals surface area contributed by atoms with E-state index in [0.29, 0.717) is 24.5 Å². The van der Waals surface area contributed by atoms with Gasteiger partial charge in [-0.15, -0.1) is 11.6 Å². The van der Waals surface area contributed by atoms with Crippen molar-refractivity contribution in [2.24, 2.45) is 4.99 Å². The van der Waals surface area contributed by atoms with Crippen LogP contribution in [-0.2, 0) is 11.3 Å². The fourth-order valence-electron chi connectivity index (χ4n) is 5.02. The second-order valence-electron chi connectivity index (χ2n) is 8.55. The van der Waals surface area contributed by atoms with Crippen molar-refractivity contribution < 1.29 is 9.18 Å². The Morgan fingerprint density at radius 2 is 2.00 bits per heavy atom. The zero-order chi connectivity index (χ0) is 21.8. The Morgan fingerprint density at radius 3 is 2.71 bits per heavy atom. The number of anilines is 1. The van der Waals surface area contributed by atoms with Crippen molar-refractivity contribution in [3.05, 3.63) is 66.0 Å². The number of hydrogen-bond acceptors (Lipinski definition) is 3. The van der Waals surface area contributed by atoms with Gasteiger partial charge in [-0.05, 0) is 49.9 Å². The molecule has 2 aromatic rings. The number of piperidine rings is 1. The molecular weight excluding hydrogens is 413 g/mol. The van der Waals surface area contributed by atoms with Gasteiger partial charge >= 0.3 is 0 Å². The van der Waals surface area contributed by atoms with Crippen molar-refractivity contribution in [2.45, 2.75) is 50.7 Å². The van der Waals surface area contributed by atoms with Gasteiger partial charge in [0, 0.05) is 43.0 Å². The van der Waals surface area contributed by atoms with Gasteiger partial charge in [0.2, 0.25) is 5.91 Å². The van der Waals surface area contributed by atoms with Crippen LogP contribution >= 0.6 is 11.6 Å². The van der Waals surface area contributed by atoms with E-state index in [0.717, 1.165) is 38.1 Å². The summed E-state index contributed by atoms with van der Waals surface area (Å²) in [5.41, 5.74) is 2.34. The Morgan fingerprint density at radius 1 is 1.19 bits per heavy atom. The lowest BCUT2D eigenvalue weighted by molar-refractivity contribution is -0.117. The molecule has 0 aliphatic carbocycles. The molecule has 164 valence electrons. The Hall–Kier alpha value is -2.24. The second kappa shape index (κ2) is 9.49. The number of aliphatic imine (C=N–C) groups is 1. The Labute approximate surface area is 188 Å². The van der Waals surface area contributed by atoms with Crippen LogP contribution in [0.2, 0.25) is 0 Å². The number of amides is 1. The molecule has 2 heterocycles. The van der Waals surface area contributed by atoms with Crippen LogP contribution in [0.5, 0.6) is 0 Å². The van der Waals surface area contributed by atoms with Gasteiger partial charge in [0.1, 0.15) is 5.82 Å². The fraction of sp³-hybridized carbons (Fsp3) is 0.440. The average Bonchev–Trinajstić information content (AvgIpc) is 3.02. The molecule has 2 atom stereocenters. The molecule has 0 aromatic heterocycles. The van der Waals surface area contributed by atoms with Crippen LogP contribution in [0.15, 0.2) is 59.6 Å². The lowest BCUT2D eigenvalue weighted by atomic mass is 9.79. The molecule has 1 amide bonds. The summed E-state index contributed by atoms with van der Waals surface area (Å²) < 4.78 is 14.0. The maximum atomic E-state index is 14.0. The number of rotatable bonds is 6. The molecule has 31 heavy (non-hydrogen) atoms. The third kappa shape index (κ3) is 4.53. The van der Waals surface area contributed by atoms with Gasteiger partial charge < -0.3 is 4.90 Å². The zero-order valence-electron chi connectivity index (χ0n) is 17.9. The van der Waals surface area contributed by atoms with E-state index < -0.39 is 5.54 Å². The zero-order valence-corrected chi connectivity index (χ0v) is 18.7. The average molecular weight is 442 g/mol. The highest BCUT2D eigenvalue weighted by Gasteiger charge is 2.53. The van der Waals surface area contributed by atoms with E-state index in [1.165, 1.54) is 17.7 Å². The van der Waals surface area contributed by atoms with Gasteiger partial charge in [0.05, 0.1) is 12.0 Å². The molecule has 2 fully saturated rings. The van der Waals surface area contributed by atoms with Crippen LogP contribution in [0.3, 0.4) is 0 Å². The van der Waals surface area contributed by atoms with Crippen LogP contribution in [0.25, 0.3) is 0 Å². The number of halogens is 2. The van der Waals surface area contributed by atoms with Crippen LogP contribution in [0.4, 0.5) is 10.1 Å². The van der Waals surface area contributed by atoms with Crippen molar-refractivity contribution in [1.29, 1.82) is 0 Å². The summed E-state index contributed by atoms with van der Waals surface area (Å²) in [6, 6.07) is 17.1. The molecule has 0 saturated carbocycles. The number of hydrogen-bond donors (Lipinski definition) is 0. The summed E-state index contributed by atoms with van der Waals surface area (Å²) in [4.78, 5) is 22.3. The van der Waals surface area contributed by atoms with Crippen LogP contribution in [-0.4, -0.2) is 47.1 Å². The SMILES string of the molecule is CC1CC2(CCN1Cc1ccccc1)C(=NCCCCl)CC(=O)N2c1cccc(F)c1. The van der Waals surface area contributed by atoms with E-state index in [1.807, 2.05) is 17.0 Å². The monoisotopic (exact) mass is 441 g/mol. The summed E-state index contributed by atoms with van der Waals surface area (Å²) in [6.07, 6.45) is 2.64. The Balaban J connectivity index is 1.65. The number of carbonyl (C=O) groups excluding carboxylic acids is 1. The number of benzene rings is 2.